The molecule has 0 aliphatic carbocycles. The van der Waals surface area contributed by atoms with E-state index in [1.165, 1.54) is 25.8 Å². The van der Waals surface area contributed by atoms with Crippen molar-refractivity contribution in [1.29, 1.82) is 0 Å². The zero-order valence-corrected chi connectivity index (χ0v) is 10.4. The average molecular weight is 218 g/mol. The molecule has 1 aliphatic heterocycles. The van der Waals surface area contributed by atoms with E-state index < -0.39 is 0 Å². The van der Waals surface area contributed by atoms with Crippen molar-refractivity contribution in [3.63, 3.8) is 0 Å². The highest BCUT2D eigenvalue weighted by Gasteiger charge is 2.11. The van der Waals surface area contributed by atoms with Crippen molar-refractivity contribution >= 4 is 0 Å². The summed E-state index contributed by atoms with van der Waals surface area (Å²) in [5.41, 5.74) is 4.67. The number of nitrogens with one attached hydrogen (secondary N) is 1. The molecular weight excluding hydrogens is 196 g/mol. The molecule has 2 heteroatoms. The van der Waals surface area contributed by atoms with Gasteiger partial charge in [0.05, 0.1) is 0 Å². The number of rotatable bonds is 4. The van der Waals surface area contributed by atoms with E-state index in [1.54, 1.807) is 16.7 Å². The maximum absolute atomic E-state index is 3.47. The van der Waals surface area contributed by atoms with E-state index in [4.69, 9.17) is 0 Å². The van der Waals surface area contributed by atoms with E-state index in [2.05, 4.69) is 42.5 Å². The number of fused-ring (bicyclic) bond motifs is 1. The molecule has 2 nitrogen and oxygen atoms in total. The topological polar surface area (TPSA) is 15.3 Å². The Morgan fingerprint density at radius 1 is 1.31 bits per heavy atom. The fourth-order valence-corrected chi connectivity index (χ4v) is 2.41. The minimum absolute atomic E-state index is 1.06. The average Bonchev–Trinajstić information content (AvgIpc) is 2.29. The normalized spacial score (nSPS) is 15.2. The van der Waals surface area contributed by atoms with Crippen molar-refractivity contribution in [3.05, 3.63) is 34.9 Å². The van der Waals surface area contributed by atoms with E-state index in [0.29, 0.717) is 0 Å². The first-order valence-corrected chi connectivity index (χ1v) is 6.22. The number of hydrogen-bond acceptors (Lipinski definition) is 2. The standard InChI is InChI=1S/C14H22N2/c1-16(2)10-4-7-12-5-3-6-13-8-9-15-11-14(12)13/h3,5-6,15H,4,7-11H2,1-2H3. The highest BCUT2D eigenvalue weighted by Crippen LogP contribution is 2.19. The van der Waals surface area contributed by atoms with Crippen LogP contribution in [0.4, 0.5) is 0 Å². The molecule has 0 unspecified atom stereocenters. The fourth-order valence-electron chi connectivity index (χ4n) is 2.41. The second kappa shape index (κ2) is 5.46. The third-order valence-corrected chi connectivity index (χ3v) is 3.29. The molecule has 0 radical (unpaired) electrons. The molecule has 2 rings (SSSR count). The predicted octanol–water partition coefficient (Wildman–Crippen LogP) is 1.83. The van der Waals surface area contributed by atoms with Crippen LogP contribution >= 0.6 is 0 Å². The summed E-state index contributed by atoms with van der Waals surface area (Å²) in [6.45, 7) is 3.37. The van der Waals surface area contributed by atoms with Crippen LogP contribution in [0.15, 0.2) is 18.2 Å². The largest absolute Gasteiger partial charge is 0.312 e. The van der Waals surface area contributed by atoms with Gasteiger partial charge in [0, 0.05) is 6.54 Å². The molecule has 1 N–H and O–H groups in total. The van der Waals surface area contributed by atoms with Gasteiger partial charge >= 0.3 is 0 Å². The van der Waals surface area contributed by atoms with Crippen molar-refractivity contribution in [2.45, 2.75) is 25.8 Å². The Bertz CT molecular complexity index is 345. The van der Waals surface area contributed by atoms with Gasteiger partial charge in [-0.15, -0.1) is 0 Å². The molecule has 0 atom stereocenters. The lowest BCUT2D eigenvalue weighted by molar-refractivity contribution is 0.400. The van der Waals surface area contributed by atoms with Gasteiger partial charge in [-0.3, -0.25) is 0 Å². The van der Waals surface area contributed by atoms with Gasteiger partial charge in [-0.05, 0) is 63.1 Å². The predicted molar refractivity (Wildman–Crippen MR) is 68.7 cm³/mol. The van der Waals surface area contributed by atoms with Crippen LogP contribution in [0.1, 0.15) is 23.1 Å². The van der Waals surface area contributed by atoms with Crippen molar-refractivity contribution < 1.29 is 0 Å². The van der Waals surface area contributed by atoms with Gasteiger partial charge in [0.15, 0.2) is 0 Å². The maximum atomic E-state index is 3.47. The molecule has 0 saturated heterocycles. The van der Waals surface area contributed by atoms with Gasteiger partial charge in [0.1, 0.15) is 0 Å². The van der Waals surface area contributed by atoms with Crippen LogP contribution in [-0.2, 0) is 19.4 Å². The summed E-state index contributed by atoms with van der Waals surface area (Å²) >= 11 is 0. The zero-order valence-electron chi connectivity index (χ0n) is 10.4. The fraction of sp³-hybridized carbons (Fsp3) is 0.571. The Labute approximate surface area is 98.7 Å². The first kappa shape index (κ1) is 11.6. The molecule has 1 aliphatic rings. The second-order valence-corrected chi connectivity index (χ2v) is 4.89. The zero-order chi connectivity index (χ0) is 11.4. The Balaban J connectivity index is 2.03. The Morgan fingerprint density at radius 2 is 2.19 bits per heavy atom. The van der Waals surface area contributed by atoms with E-state index in [1.807, 2.05) is 0 Å². The van der Waals surface area contributed by atoms with Gasteiger partial charge in [0.2, 0.25) is 0 Å². The van der Waals surface area contributed by atoms with Crippen molar-refractivity contribution in [3.8, 4) is 0 Å². The number of aryl methyl sites for hydroxylation is 1. The van der Waals surface area contributed by atoms with Crippen LogP contribution in [-0.4, -0.2) is 32.1 Å². The molecule has 0 fully saturated rings. The van der Waals surface area contributed by atoms with Crippen LogP contribution in [0.2, 0.25) is 0 Å². The molecule has 1 aromatic rings. The summed E-state index contributed by atoms with van der Waals surface area (Å²) in [7, 11) is 4.28. The molecule has 0 bridgehead atoms. The first-order chi connectivity index (χ1) is 7.77. The van der Waals surface area contributed by atoms with Gasteiger partial charge in [-0.1, -0.05) is 18.2 Å². The van der Waals surface area contributed by atoms with E-state index in [-0.39, 0.29) is 0 Å². The summed E-state index contributed by atoms with van der Waals surface area (Å²) in [6, 6.07) is 6.79. The van der Waals surface area contributed by atoms with Gasteiger partial charge in [-0.25, -0.2) is 0 Å². The molecule has 0 amide bonds. The van der Waals surface area contributed by atoms with Crippen LogP contribution in [0.5, 0.6) is 0 Å². The first-order valence-electron chi connectivity index (χ1n) is 6.22. The molecule has 0 spiro atoms. The number of nitrogens with zero attached hydrogens (tertiary/aromatic N) is 1. The monoisotopic (exact) mass is 218 g/mol. The molecule has 1 aromatic carbocycles. The third-order valence-electron chi connectivity index (χ3n) is 3.29. The molecular formula is C14H22N2. The van der Waals surface area contributed by atoms with E-state index in [9.17, 15) is 0 Å². The van der Waals surface area contributed by atoms with Gasteiger partial charge in [-0.2, -0.15) is 0 Å². The van der Waals surface area contributed by atoms with Crippen molar-refractivity contribution in [1.82, 2.24) is 10.2 Å². The van der Waals surface area contributed by atoms with Crippen LogP contribution in [0, 0.1) is 0 Å². The lowest BCUT2D eigenvalue weighted by Gasteiger charge is -2.20. The maximum Gasteiger partial charge on any atom is 0.0211 e. The third kappa shape index (κ3) is 2.83. The Kier molecular flexibility index (Phi) is 3.97. The minimum Gasteiger partial charge on any atom is -0.312 e. The van der Waals surface area contributed by atoms with Crippen LogP contribution in [0.25, 0.3) is 0 Å². The van der Waals surface area contributed by atoms with E-state index in [0.717, 1.165) is 13.1 Å². The van der Waals surface area contributed by atoms with Gasteiger partial charge in [0.25, 0.3) is 0 Å². The van der Waals surface area contributed by atoms with Gasteiger partial charge < -0.3 is 10.2 Å². The van der Waals surface area contributed by atoms with Crippen LogP contribution < -0.4 is 5.32 Å². The summed E-state index contributed by atoms with van der Waals surface area (Å²) in [6.07, 6.45) is 3.66. The lowest BCUT2D eigenvalue weighted by atomic mass is 9.93. The molecule has 88 valence electrons. The Morgan fingerprint density at radius 3 is 3.00 bits per heavy atom. The molecule has 1 heterocycles. The SMILES string of the molecule is CN(C)CCCc1cccc2c1CNCC2. The highest BCUT2D eigenvalue weighted by atomic mass is 15.0. The van der Waals surface area contributed by atoms with Crippen molar-refractivity contribution in [2.24, 2.45) is 0 Å². The van der Waals surface area contributed by atoms with Crippen molar-refractivity contribution in [2.75, 3.05) is 27.2 Å². The molecule has 0 aromatic heterocycles. The molecule has 0 saturated carbocycles. The number of hydrogen-bond donors (Lipinski definition) is 1. The summed E-state index contributed by atoms with van der Waals surface area (Å²) in [5, 5.41) is 3.47. The summed E-state index contributed by atoms with van der Waals surface area (Å²) in [5.74, 6) is 0. The quantitative estimate of drug-likeness (QED) is 0.829. The second-order valence-electron chi connectivity index (χ2n) is 4.89. The summed E-state index contributed by atoms with van der Waals surface area (Å²) < 4.78 is 0. The minimum atomic E-state index is 1.06. The highest BCUT2D eigenvalue weighted by molar-refractivity contribution is 5.37. The smallest absolute Gasteiger partial charge is 0.0211 e. The van der Waals surface area contributed by atoms with Crippen LogP contribution in [0.3, 0.4) is 0 Å². The lowest BCUT2D eigenvalue weighted by Crippen LogP contribution is -2.25. The Hall–Kier alpha value is -0.860. The number of benzene rings is 1. The van der Waals surface area contributed by atoms with E-state index >= 15 is 0 Å². The molecule has 16 heavy (non-hydrogen) atoms. The summed E-state index contributed by atoms with van der Waals surface area (Å²) in [4.78, 5) is 2.26.